The van der Waals surface area contributed by atoms with Gasteiger partial charge in [-0.05, 0) is 30.3 Å². The number of carbonyl (C=O) groups excluding carboxylic acids is 2. The molecule has 1 aliphatic heterocycles. The van der Waals surface area contributed by atoms with Crippen molar-refractivity contribution in [2.75, 3.05) is 0 Å². The summed E-state index contributed by atoms with van der Waals surface area (Å²) in [5.74, 6) is -0.567. The lowest BCUT2D eigenvalue weighted by molar-refractivity contribution is -0.124. The molecular formula is C26H17ClN4O2. The van der Waals surface area contributed by atoms with Crippen LogP contribution in [-0.2, 0) is 4.79 Å². The Morgan fingerprint density at radius 2 is 1.58 bits per heavy atom. The fourth-order valence-corrected chi connectivity index (χ4v) is 3.71. The maximum atomic E-state index is 13.3. The number of hydrogen-bond donors (Lipinski definition) is 1. The third-order valence-corrected chi connectivity index (χ3v) is 5.44. The van der Waals surface area contributed by atoms with Gasteiger partial charge in [0, 0.05) is 22.1 Å². The van der Waals surface area contributed by atoms with E-state index in [0.29, 0.717) is 22.5 Å². The quantitative estimate of drug-likeness (QED) is 0.355. The molecule has 1 aliphatic rings. The number of aliphatic imine (C=N–C) groups is 1. The molecule has 0 saturated heterocycles. The average Bonchev–Trinajstić information content (AvgIpc) is 3.15. The normalized spacial score (nSPS) is 14.6. The van der Waals surface area contributed by atoms with Gasteiger partial charge in [-0.15, -0.1) is 0 Å². The van der Waals surface area contributed by atoms with E-state index in [1.807, 2.05) is 66.7 Å². The highest BCUT2D eigenvalue weighted by Gasteiger charge is 2.33. The largest absolute Gasteiger partial charge is 0.297 e. The first kappa shape index (κ1) is 20.6. The van der Waals surface area contributed by atoms with Gasteiger partial charge in [0.2, 0.25) is 0 Å². The van der Waals surface area contributed by atoms with Crippen LogP contribution in [0.1, 0.15) is 21.5 Å². The number of nitrogens with zero attached hydrogens (tertiary/aromatic N) is 3. The van der Waals surface area contributed by atoms with Crippen LogP contribution < -0.4 is 5.43 Å². The fraction of sp³-hybridized carbons (Fsp3) is 0. The van der Waals surface area contributed by atoms with Crippen molar-refractivity contribution >= 4 is 46.2 Å². The Labute approximate surface area is 194 Å². The lowest BCUT2D eigenvalue weighted by atomic mass is 10.1. The van der Waals surface area contributed by atoms with E-state index >= 15 is 0 Å². The minimum Gasteiger partial charge on any atom is -0.267 e. The molecule has 7 heteroatoms. The topological polar surface area (TPSA) is 74.7 Å². The molecule has 5 rings (SSSR count). The number of amides is 2. The monoisotopic (exact) mass is 452 g/mol. The summed E-state index contributed by atoms with van der Waals surface area (Å²) in [5, 5.41) is 2.32. The van der Waals surface area contributed by atoms with Gasteiger partial charge in [0.25, 0.3) is 11.8 Å². The predicted octanol–water partition coefficient (Wildman–Crippen LogP) is 4.86. The number of amidine groups is 1. The summed E-state index contributed by atoms with van der Waals surface area (Å²) in [5.41, 5.74) is 5.25. The van der Waals surface area contributed by atoms with Crippen LogP contribution in [0, 0.1) is 0 Å². The number of rotatable bonds is 4. The van der Waals surface area contributed by atoms with Gasteiger partial charge >= 0.3 is 0 Å². The number of para-hydroxylation sites is 1. The van der Waals surface area contributed by atoms with Gasteiger partial charge in [-0.3, -0.25) is 15.0 Å². The molecule has 0 aliphatic carbocycles. The first-order valence-corrected chi connectivity index (χ1v) is 10.6. The number of halogens is 1. The first-order chi connectivity index (χ1) is 16.1. The number of hydrogen-bond acceptors (Lipinski definition) is 4. The molecule has 1 aromatic heterocycles. The Bertz CT molecular complexity index is 1430. The first-order valence-electron chi connectivity index (χ1n) is 10.2. The zero-order valence-electron chi connectivity index (χ0n) is 17.3. The highest BCUT2D eigenvalue weighted by molar-refractivity contribution is 6.31. The molecule has 0 bridgehead atoms. The molecule has 4 aromatic rings. The van der Waals surface area contributed by atoms with Crippen LogP contribution in [-0.4, -0.2) is 27.6 Å². The second-order valence-corrected chi connectivity index (χ2v) is 7.70. The minimum atomic E-state index is -0.470. The second-order valence-electron chi connectivity index (χ2n) is 7.34. The van der Waals surface area contributed by atoms with Gasteiger partial charge < -0.3 is 0 Å². The molecule has 6 nitrogen and oxygen atoms in total. The van der Waals surface area contributed by atoms with Crippen molar-refractivity contribution in [1.29, 1.82) is 0 Å². The number of carbonyl (C=O) groups is 2. The van der Waals surface area contributed by atoms with Gasteiger partial charge in [-0.1, -0.05) is 78.3 Å². The van der Waals surface area contributed by atoms with Crippen LogP contribution in [0.25, 0.3) is 17.0 Å². The van der Waals surface area contributed by atoms with Crippen molar-refractivity contribution in [2.45, 2.75) is 0 Å². The van der Waals surface area contributed by atoms with E-state index < -0.39 is 11.8 Å². The summed E-state index contributed by atoms with van der Waals surface area (Å²) in [6.07, 6.45) is 1.59. The maximum Gasteiger partial charge on any atom is 0.297 e. The summed E-state index contributed by atoms with van der Waals surface area (Å²) in [7, 11) is 0. The van der Waals surface area contributed by atoms with Crippen LogP contribution >= 0.6 is 11.6 Å². The van der Waals surface area contributed by atoms with Crippen LogP contribution in [0.2, 0.25) is 5.15 Å². The fourth-order valence-electron chi connectivity index (χ4n) is 3.51. The van der Waals surface area contributed by atoms with Crippen LogP contribution in [0.5, 0.6) is 0 Å². The van der Waals surface area contributed by atoms with E-state index in [1.165, 1.54) is 5.01 Å². The number of fused-ring (bicyclic) bond motifs is 1. The van der Waals surface area contributed by atoms with Crippen molar-refractivity contribution in [3.05, 3.63) is 119 Å². The molecule has 0 radical (unpaired) electrons. The van der Waals surface area contributed by atoms with Crippen molar-refractivity contribution in [3.8, 4) is 0 Å². The van der Waals surface area contributed by atoms with E-state index in [1.54, 1.807) is 30.3 Å². The lowest BCUT2D eigenvalue weighted by Gasteiger charge is -2.19. The lowest BCUT2D eigenvalue weighted by Crippen LogP contribution is -2.47. The summed E-state index contributed by atoms with van der Waals surface area (Å²) >= 11 is 6.38. The molecule has 1 N–H and O–H groups in total. The molecule has 3 aromatic carbocycles. The second kappa shape index (κ2) is 8.68. The van der Waals surface area contributed by atoms with E-state index in [4.69, 9.17) is 11.6 Å². The van der Waals surface area contributed by atoms with Crippen LogP contribution in [0.4, 0.5) is 0 Å². The number of pyridine rings is 1. The molecule has 2 heterocycles. The van der Waals surface area contributed by atoms with Crippen molar-refractivity contribution in [2.24, 2.45) is 4.99 Å². The Balaban J connectivity index is 1.55. The van der Waals surface area contributed by atoms with Gasteiger partial charge in [-0.2, -0.15) is 5.01 Å². The third-order valence-electron chi connectivity index (χ3n) is 5.14. The predicted molar refractivity (Wildman–Crippen MR) is 128 cm³/mol. The number of benzene rings is 3. The molecule has 0 unspecified atom stereocenters. The van der Waals surface area contributed by atoms with Crippen LogP contribution in [0.15, 0.2) is 102 Å². The summed E-state index contributed by atoms with van der Waals surface area (Å²) in [6.45, 7) is 0. The third kappa shape index (κ3) is 4.12. The summed E-state index contributed by atoms with van der Waals surface area (Å²) in [6, 6.07) is 27.3. The molecule has 0 atom stereocenters. The molecule has 2 amide bonds. The number of hydrazine groups is 1. The zero-order valence-corrected chi connectivity index (χ0v) is 18.0. The van der Waals surface area contributed by atoms with Crippen molar-refractivity contribution < 1.29 is 9.59 Å². The van der Waals surface area contributed by atoms with Crippen LogP contribution in [0.3, 0.4) is 0 Å². The zero-order chi connectivity index (χ0) is 22.8. The molecule has 0 fully saturated rings. The Hall–Kier alpha value is -4.29. The summed E-state index contributed by atoms with van der Waals surface area (Å²) in [4.78, 5) is 35.0. The highest BCUT2D eigenvalue weighted by Crippen LogP contribution is 2.26. The van der Waals surface area contributed by atoms with Gasteiger partial charge in [-0.25, -0.2) is 9.98 Å². The minimum absolute atomic E-state index is 0.140. The van der Waals surface area contributed by atoms with E-state index in [-0.39, 0.29) is 10.9 Å². The molecule has 33 heavy (non-hydrogen) atoms. The van der Waals surface area contributed by atoms with Gasteiger partial charge in [0.1, 0.15) is 10.9 Å². The van der Waals surface area contributed by atoms with Gasteiger partial charge in [0.05, 0.1) is 5.52 Å². The molecule has 0 spiro atoms. The standard InChI is InChI=1S/C26H17ClN4O2/c27-23-20(15-19-13-7-8-14-21(19)28-23)16-22-26(33)31(24(29-22)17-9-3-1-4-10-17)30-25(32)18-11-5-2-6-12-18/h1-16H,(H,30,32)/b22-16-. The SMILES string of the molecule is O=C(NN1C(=O)/C(=C/c2cc3ccccc3nc2Cl)N=C1c1ccccc1)c1ccccc1. The van der Waals surface area contributed by atoms with Crippen molar-refractivity contribution in [3.63, 3.8) is 0 Å². The summed E-state index contributed by atoms with van der Waals surface area (Å²) < 4.78 is 0. The van der Waals surface area contributed by atoms with E-state index in [2.05, 4.69) is 15.4 Å². The highest BCUT2D eigenvalue weighted by atomic mass is 35.5. The Kier molecular flexibility index (Phi) is 5.42. The smallest absolute Gasteiger partial charge is 0.267 e. The van der Waals surface area contributed by atoms with E-state index in [9.17, 15) is 9.59 Å². The number of aromatic nitrogens is 1. The maximum absolute atomic E-state index is 13.3. The molecule has 160 valence electrons. The molecular weight excluding hydrogens is 436 g/mol. The molecule has 0 saturated carbocycles. The Morgan fingerprint density at radius 3 is 2.33 bits per heavy atom. The van der Waals surface area contributed by atoms with E-state index in [0.717, 1.165) is 10.9 Å². The Morgan fingerprint density at radius 1 is 0.909 bits per heavy atom. The van der Waals surface area contributed by atoms with Gasteiger partial charge in [0.15, 0.2) is 5.84 Å². The average molecular weight is 453 g/mol. The van der Waals surface area contributed by atoms with Crippen molar-refractivity contribution in [1.82, 2.24) is 15.4 Å². The number of nitrogens with one attached hydrogen (secondary N) is 1.